The first-order valence-corrected chi connectivity index (χ1v) is 8.31. The maximum absolute atomic E-state index is 13.0. The van der Waals surface area contributed by atoms with Crippen LogP contribution in [0.5, 0.6) is 5.75 Å². The molecule has 0 spiro atoms. The van der Waals surface area contributed by atoms with Crippen molar-refractivity contribution in [1.82, 2.24) is 0 Å². The first-order valence-electron chi connectivity index (χ1n) is 8.31. The SMILES string of the molecule is CCOc1ccc(N(C)C(=O)[C@H]2[C@@H]3C[C@@H]4[C@H]2C(=O)O[C@@H]4C3)cc1. The van der Waals surface area contributed by atoms with E-state index in [0.717, 1.165) is 24.3 Å². The van der Waals surface area contributed by atoms with Crippen molar-refractivity contribution in [3.05, 3.63) is 24.3 Å². The summed E-state index contributed by atoms with van der Waals surface area (Å²) in [5, 5.41) is 0. The van der Waals surface area contributed by atoms with E-state index in [1.807, 2.05) is 31.2 Å². The van der Waals surface area contributed by atoms with Crippen LogP contribution in [-0.2, 0) is 14.3 Å². The first-order chi connectivity index (χ1) is 11.1. The van der Waals surface area contributed by atoms with Gasteiger partial charge in [0.05, 0.1) is 18.4 Å². The van der Waals surface area contributed by atoms with E-state index in [0.29, 0.717) is 12.5 Å². The highest BCUT2D eigenvalue weighted by Crippen LogP contribution is 2.58. The fourth-order valence-corrected chi connectivity index (χ4v) is 4.62. The van der Waals surface area contributed by atoms with Crippen LogP contribution < -0.4 is 9.64 Å². The van der Waals surface area contributed by atoms with Crippen molar-refractivity contribution in [2.75, 3.05) is 18.6 Å². The van der Waals surface area contributed by atoms with Gasteiger partial charge in [-0.15, -0.1) is 0 Å². The minimum atomic E-state index is -0.226. The number of nitrogens with zero attached hydrogens (tertiary/aromatic N) is 1. The Morgan fingerprint density at radius 2 is 2.04 bits per heavy atom. The molecule has 4 rings (SSSR count). The highest BCUT2D eigenvalue weighted by Gasteiger charge is 2.64. The minimum Gasteiger partial charge on any atom is -0.494 e. The van der Waals surface area contributed by atoms with Gasteiger partial charge >= 0.3 is 5.97 Å². The summed E-state index contributed by atoms with van der Waals surface area (Å²) in [6, 6.07) is 7.49. The largest absolute Gasteiger partial charge is 0.494 e. The Morgan fingerprint density at radius 1 is 1.30 bits per heavy atom. The van der Waals surface area contributed by atoms with Gasteiger partial charge in [-0.05, 0) is 49.9 Å². The lowest BCUT2D eigenvalue weighted by atomic mass is 9.79. The van der Waals surface area contributed by atoms with Crippen LogP contribution in [0.25, 0.3) is 0 Å². The molecule has 2 aliphatic carbocycles. The van der Waals surface area contributed by atoms with Crippen LogP contribution in [0.4, 0.5) is 5.69 Å². The molecule has 122 valence electrons. The fourth-order valence-electron chi connectivity index (χ4n) is 4.62. The van der Waals surface area contributed by atoms with Gasteiger partial charge in [0.2, 0.25) is 5.91 Å². The van der Waals surface area contributed by atoms with Crippen molar-refractivity contribution in [1.29, 1.82) is 0 Å². The quantitative estimate of drug-likeness (QED) is 0.800. The number of ether oxygens (including phenoxy) is 2. The van der Waals surface area contributed by atoms with Crippen LogP contribution in [0.2, 0.25) is 0 Å². The van der Waals surface area contributed by atoms with Crippen LogP contribution >= 0.6 is 0 Å². The Labute approximate surface area is 135 Å². The number of hydrogen-bond acceptors (Lipinski definition) is 4. The Morgan fingerprint density at radius 3 is 2.74 bits per heavy atom. The standard InChI is InChI=1S/C18H21NO4/c1-3-22-12-6-4-11(5-7-12)19(2)17(20)15-10-8-13-14(9-10)23-18(21)16(13)15/h4-7,10,13-16H,3,8-9H2,1-2H3/t10-,13+,14-,15+,16-/m1/s1. The number of benzene rings is 1. The molecule has 1 heterocycles. The number of esters is 1. The molecule has 3 fully saturated rings. The van der Waals surface area contributed by atoms with Crippen molar-refractivity contribution in [2.45, 2.75) is 25.9 Å². The molecule has 1 aromatic rings. The second kappa shape index (κ2) is 5.25. The first kappa shape index (κ1) is 14.5. The van der Waals surface area contributed by atoms with E-state index in [2.05, 4.69) is 0 Å². The van der Waals surface area contributed by atoms with E-state index >= 15 is 0 Å². The minimum absolute atomic E-state index is 0.0314. The van der Waals surface area contributed by atoms with Crippen molar-refractivity contribution in [3.63, 3.8) is 0 Å². The summed E-state index contributed by atoms with van der Waals surface area (Å²) in [6.07, 6.45) is 1.87. The molecule has 0 N–H and O–H groups in total. The number of anilines is 1. The van der Waals surface area contributed by atoms with Gasteiger partial charge in [-0.1, -0.05) is 0 Å². The van der Waals surface area contributed by atoms with Gasteiger partial charge in [-0.3, -0.25) is 9.59 Å². The predicted octanol–water partition coefficient (Wildman–Crippen LogP) is 2.25. The third kappa shape index (κ3) is 2.13. The number of carbonyl (C=O) groups excluding carboxylic acids is 2. The van der Waals surface area contributed by atoms with E-state index in [1.165, 1.54) is 0 Å². The van der Waals surface area contributed by atoms with E-state index in [4.69, 9.17) is 9.47 Å². The van der Waals surface area contributed by atoms with Gasteiger partial charge in [0, 0.05) is 18.7 Å². The summed E-state index contributed by atoms with van der Waals surface area (Å²) in [4.78, 5) is 26.7. The van der Waals surface area contributed by atoms with Crippen molar-refractivity contribution in [3.8, 4) is 5.75 Å². The van der Waals surface area contributed by atoms with Crippen LogP contribution in [0.15, 0.2) is 24.3 Å². The lowest BCUT2D eigenvalue weighted by molar-refractivity contribution is -0.145. The summed E-state index contributed by atoms with van der Waals surface area (Å²) in [6.45, 7) is 2.55. The zero-order valence-corrected chi connectivity index (χ0v) is 13.4. The lowest BCUT2D eigenvalue weighted by Gasteiger charge is -2.28. The van der Waals surface area contributed by atoms with Crippen molar-refractivity contribution >= 4 is 17.6 Å². The Hall–Kier alpha value is -2.04. The Bertz CT molecular complexity index is 639. The molecule has 0 radical (unpaired) electrons. The topological polar surface area (TPSA) is 55.8 Å². The summed E-state index contributed by atoms with van der Waals surface area (Å²) < 4.78 is 10.9. The third-order valence-electron chi connectivity index (χ3n) is 5.63. The molecule has 5 nitrogen and oxygen atoms in total. The van der Waals surface area contributed by atoms with E-state index in [1.54, 1.807) is 11.9 Å². The van der Waals surface area contributed by atoms with E-state index < -0.39 is 0 Å². The summed E-state index contributed by atoms with van der Waals surface area (Å²) in [7, 11) is 1.78. The highest BCUT2D eigenvalue weighted by molar-refractivity contribution is 5.98. The highest BCUT2D eigenvalue weighted by atomic mass is 16.6. The van der Waals surface area contributed by atoms with Crippen LogP contribution in [0.1, 0.15) is 19.8 Å². The molecule has 3 aliphatic rings. The maximum Gasteiger partial charge on any atom is 0.310 e. The smallest absolute Gasteiger partial charge is 0.310 e. The zero-order valence-electron chi connectivity index (χ0n) is 13.4. The fraction of sp³-hybridized carbons (Fsp3) is 0.556. The van der Waals surface area contributed by atoms with Gasteiger partial charge in [-0.2, -0.15) is 0 Å². The van der Waals surface area contributed by atoms with Crippen molar-refractivity contribution in [2.24, 2.45) is 23.7 Å². The molecule has 1 aliphatic heterocycles. The normalized spacial score (nSPS) is 33.7. The number of fused-ring (bicyclic) bond motifs is 1. The second-order valence-electron chi connectivity index (χ2n) is 6.75. The maximum atomic E-state index is 13.0. The molecule has 1 aromatic carbocycles. The van der Waals surface area contributed by atoms with Gasteiger partial charge in [-0.25, -0.2) is 0 Å². The lowest BCUT2D eigenvalue weighted by Crippen LogP contribution is -2.41. The molecule has 23 heavy (non-hydrogen) atoms. The predicted molar refractivity (Wildman–Crippen MR) is 84.1 cm³/mol. The molecular weight excluding hydrogens is 294 g/mol. The molecular formula is C18H21NO4. The number of hydrogen-bond donors (Lipinski definition) is 0. The number of rotatable bonds is 4. The Kier molecular flexibility index (Phi) is 3.32. The summed E-state index contributed by atoms with van der Waals surface area (Å²) >= 11 is 0. The monoisotopic (exact) mass is 315 g/mol. The van der Waals surface area contributed by atoms with Crippen LogP contribution in [-0.4, -0.2) is 31.6 Å². The molecule has 0 aromatic heterocycles. The molecule has 1 amide bonds. The summed E-state index contributed by atoms with van der Waals surface area (Å²) in [5.41, 5.74) is 0.823. The van der Waals surface area contributed by atoms with Gasteiger partial charge < -0.3 is 14.4 Å². The van der Waals surface area contributed by atoms with E-state index in [-0.39, 0.29) is 35.7 Å². The average molecular weight is 315 g/mol. The third-order valence-corrected chi connectivity index (χ3v) is 5.63. The van der Waals surface area contributed by atoms with E-state index in [9.17, 15) is 9.59 Å². The Balaban J connectivity index is 1.53. The van der Waals surface area contributed by atoms with Crippen LogP contribution in [0, 0.1) is 23.7 Å². The van der Waals surface area contributed by atoms with Gasteiger partial charge in [0.1, 0.15) is 11.9 Å². The zero-order chi connectivity index (χ0) is 16.1. The van der Waals surface area contributed by atoms with Crippen LogP contribution in [0.3, 0.4) is 0 Å². The molecule has 2 bridgehead atoms. The number of carbonyl (C=O) groups is 2. The molecule has 2 saturated carbocycles. The van der Waals surface area contributed by atoms with Gasteiger partial charge in [0.25, 0.3) is 0 Å². The molecule has 1 saturated heterocycles. The average Bonchev–Trinajstić information content (AvgIpc) is 3.16. The number of amides is 1. The molecule has 0 unspecified atom stereocenters. The molecule has 5 heteroatoms. The summed E-state index contributed by atoms with van der Waals surface area (Å²) in [5.74, 6) is 0.759. The molecule has 5 atom stereocenters. The van der Waals surface area contributed by atoms with Gasteiger partial charge in [0.15, 0.2) is 0 Å². The second-order valence-corrected chi connectivity index (χ2v) is 6.75. The van der Waals surface area contributed by atoms with Crippen molar-refractivity contribution < 1.29 is 19.1 Å².